The van der Waals surface area contributed by atoms with Crippen molar-refractivity contribution in [3.05, 3.63) is 0 Å². The van der Waals surface area contributed by atoms with Gasteiger partial charge in [0.25, 0.3) is 5.91 Å². The second-order valence-corrected chi connectivity index (χ2v) is 6.33. The van der Waals surface area contributed by atoms with Gasteiger partial charge in [-0.05, 0) is 44.4 Å². The molecular weight excluding hydrogens is 228 g/mol. The Balaban J connectivity index is 1.65. The monoisotopic (exact) mass is 248 g/mol. The molecule has 4 rings (SSSR count). The molecule has 98 valence electrons. The molecule has 4 heteroatoms. The van der Waals surface area contributed by atoms with Crippen LogP contribution >= 0.6 is 0 Å². The maximum atomic E-state index is 12.5. The largest absolute Gasteiger partial charge is 0.327 e. The van der Waals surface area contributed by atoms with Crippen LogP contribution in [0.1, 0.15) is 51.4 Å². The Bertz CT molecular complexity index is 405. The lowest BCUT2D eigenvalue weighted by Gasteiger charge is -2.44. The Kier molecular flexibility index (Phi) is 2.24. The van der Waals surface area contributed by atoms with E-state index in [9.17, 15) is 9.59 Å². The molecule has 2 aliphatic carbocycles. The minimum Gasteiger partial charge on any atom is -0.309 e. The van der Waals surface area contributed by atoms with Gasteiger partial charge in [0.2, 0.25) is 0 Å². The number of fused-ring (bicyclic) bond motifs is 3. The molecular formula is C14H20N2O2. The lowest BCUT2D eigenvalue weighted by molar-refractivity contribution is -0.130. The minimum atomic E-state index is -0.113. The molecule has 18 heavy (non-hydrogen) atoms. The molecule has 4 fully saturated rings. The van der Waals surface area contributed by atoms with Gasteiger partial charge in [0.15, 0.2) is 0 Å². The van der Waals surface area contributed by atoms with Crippen molar-refractivity contribution < 1.29 is 9.59 Å². The van der Waals surface area contributed by atoms with Crippen LogP contribution in [0.4, 0.5) is 4.79 Å². The van der Waals surface area contributed by atoms with Gasteiger partial charge in [0, 0.05) is 12.1 Å². The average Bonchev–Trinajstić information content (AvgIpc) is 3.18. The van der Waals surface area contributed by atoms with E-state index in [4.69, 9.17) is 0 Å². The summed E-state index contributed by atoms with van der Waals surface area (Å²) in [7, 11) is 0. The highest BCUT2D eigenvalue weighted by Gasteiger charge is 2.55. The molecule has 0 N–H and O–H groups in total. The zero-order valence-electron chi connectivity index (χ0n) is 10.7. The van der Waals surface area contributed by atoms with E-state index < -0.39 is 0 Å². The van der Waals surface area contributed by atoms with Gasteiger partial charge in [-0.1, -0.05) is 12.8 Å². The fourth-order valence-corrected chi connectivity index (χ4v) is 4.20. The average molecular weight is 248 g/mol. The summed E-state index contributed by atoms with van der Waals surface area (Å²) in [6, 6.07) is 0.511. The molecule has 3 atom stereocenters. The first-order chi connectivity index (χ1) is 8.77. The third kappa shape index (κ3) is 1.38. The van der Waals surface area contributed by atoms with Crippen LogP contribution in [0.5, 0.6) is 0 Å². The van der Waals surface area contributed by atoms with Gasteiger partial charge in [0.1, 0.15) is 6.04 Å². The number of amides is 3. The van der Waals surface area contributed by atoms with Gasteiger partial charge in [-0.25, -0.2) is 4.79 Å². The number of hydrogen-bond donors (Lipinski definition) is 0. The molecule has 3 unspecified atom stereocenters. The normalized spacial score (nSPS) is 39.9. The van der Waals surface area contributed by atoms with E-state index >= 15 is 0 Å². The van der Waals surface area contributed by atoms with E-state index in [1.54, 1.807) is 4.90 Å². The fourth-order valence-electron chi connectivity index (χ4n) is 4.20. The van der Waals surface area contributed by atoms with Crippen molar-refractivity contribution in [1.82, 2.24) is 9.80 Å². The molecule has 0 radical (unpaired) electrons. The van der Waals surface area contributed by atoms with Gasteiger partial charge in [-0.3, -0.25) is 9.69 Å². The first-order valence-corrected chi connectivity index (χ1v) is 7.43. The molecule has 2 aliphatic heterocycles. The highest BCUT2D eigenvalue weighted by atomic mass is 16.2. The fraction of sp³-hybridized carbons (Fsp3) is 0.857. The summed E-state index contributed by atoms with van der Waals surface area (Å²) in [6.45, 7) is 0. The summed E-state index contributed by atoms with van der Waals surface area (Å²) in [5.74, 6) is 0.762. The first-order valence-electron chi connectivity index (χ1n) is 7.43. The van der Waals surface area contributed by atoms with Crippen LogP contribution in [0.3, 0.4) is 0 Å². The van der Waals surface area contributed by atoms with Crippen LogP contribution in [-0.2, 0) is 4.79 Å². The van der Waals surface area contributed by atoms with Gasteiger partial charge >= 0.3 is 6.03 Å². The zero-order chi connectivity index (χ0) is 12.3. The summed E-state index contributed by atoms with van der Waals surface area (Å²) in [4.78, 5) is 28.4. The Morgan fingerprint density at radius 2 is 1.67 bits per heavy atom. The molecule has 0 bridgehead atoms. The summed E-state index contributed by atoms with van der Waals surface area (Å²) in [5.41, 5.74) is 0. The molecule has 2 heterocycles. The number of nitrogens with zero attached hydrogens (tertiary/aromatic N) is 2. The van der Waals surface area contributed by atoms with Crippen molar-refractivity contribution in [3.8, 4) is 0 Å². The smallest absolute Gasteiger partial charge is 0.309 e. The van der Waals surface area contributed by atoms with Crippen LogP contribution < -0.4 is 0 Å². The summed E-state index contributed by atoms with van der Waals surface area (Å²) >= 11 is 0. The van der Waals surface area contributed by atoms with E-state index in [0.717, 1.165) is 32.1 Å². The van der Waals surface area contributed by atoms with Gasteiger partial charge in [-0.15, -0.1) is 0 Å². The number of piperidine rings is 1. The predicted molar refractivity (Wildman–Crippen MR) is 65.9 cm³/mol. The second kappa shape index (κ2) is 3.72. The van der Waals surface area contributed by atoms with E-state index in [2.05, 4.69) is 0 Å². The maximum absolute atomic E-state index is 12.5. The van der Waals surface area contributed by atoms with E-state index in [1.165, 1.54) is 19.3 Å². The lowest BCUT2D eigenvalue weighted by atomic mass is 9.77. The third-order valence-corrected chi connectivity index (χ3v) is 5.23. The van der Waals surface area contributed by atoms with E-state index in [0.29, 0.717) is 12.0 Å². The third-order valence-electron chi connectivity index (χ3n) is 5.23. The first kappa shape index (κ1) is 10.8. The number of hydrogen-bond acceptors (Lipinski definition) is 2. The number of imide groups is 1. The molecule has 0 aromatic rings. The number of urea groups is 1. The second-order valence-electron chi connectivity index (χ2n) is 6.33. The Hall–Kier alpha value is -1.06. The summed E-state index contributed by atoms with van der Waals surface area (Å²) in [6.07, 6.45) is 8.96. The lowest BCUT2D eigenvalue weighted by Crippen LogP contribution is -2.52. The topological polar surface area (TPSA) is 40.6 Å². The highest BCUT2D eigenvalue weighted by molar-refractivity contribution is 6.05. The van der Waals surface area contributed by atoms with Crippen LogP contribution in [-0.4, -0.2) is 39.9 Å². The van der Waals surface area contributed by atoms with Gasteiger partial charge in [-0.2, -0.15) is 0 Å². The van der Waals surface area contributed by atoms with Crippen molar-refractivity contribution in [2.45, 2.75) is 69.5 Å². The molecule has 2 saturated carbocycles. The van der Waals surface area contributed by atoms with Crippen LogP contribution in [0.25, 0.3) is 0 Å². The molecule has 0 spiro atoms. The van der Waals surface area contributed by atoms with Crippen molar-refractivity contribution in [2.24, 2.45) is 5.92 Å². The van der Waals surface area contributed by atoms with Crippen LogP contribution in [0.2, 0.25) is 0 Å². The standard InChI is InChI=1S/C14H20N2O2/c17-13-12-8-5-9-3-1-2-4-11(9)16(12)14(18)15(13)10-6-7-10/h9-12H,1-8H2. The predicted octanol–water partition coefficient (Wildman–Crippen LogP) is 2.13. The van der Waals surface area contributed by atoms with Crippen LogP contribution in [0, 0.1) is 5.92 Å². The summed E-state index contributed by atoms with van der Waals surface area (Å²) in [5, 5.41) is 0. The van der Waals surface area contributed by atoms with Gasteiger partial charge < -0.3 is 4.90 Å². The molecule has 4 aliphatic rings. The minimum absolute atomic E-state index is 0.0316. The van der Waals surface area contributed by atoms with Crippen LogP contribution in [0.15, 0.2) is 0 Å². The molecule has 3 amide bonds. The molecule has 2 saturated heterocycles. The number of rotatable bonds is 1. The molecule has 4 nitrogen and oxygen atoms in total. The SMILES string of the molecule is O=C1C2CCC3CCCCC3N2C(=O)N1C1CC1. The van der Waals surface area contributed by atoms with E-state index in [-0.39, 0.29) is 24.0 Å². The quantitative estimate of drug-likeness (QED) is 0.667. The van der Waals surface area contributed by atoms with Crippen molar-refractivity contribution >= 4 is 11.9 Å². The van der Waals surface area contributed by atoms with Crippen molar-refractivity contribution in [1.29, 1.82) is 0 Å². The number of carbonyl (C=O) groups is 2. The van der Waals surface area contributed by atoms with Crippen molar-refractivity contribution in [2.75, 3.05) is 0 Å². The maximum Gasteiger partial charge on any atom is 0.327 e. The van der Waals surface area contributed by atoms with E-state index in [1.807, 2.05) is 4.90 Å². The zero-order valence-corrected chi connectivity index (χ0v) is 10.7. The highest BCUT2D eigenvalue weighted by Crippen LogP contribution is 2.43. The molecule has 0 aromatic carbocycles. The van der Waals surface area contributed by atoms with Gasteiger partial charge in [0.05, 0.1) is 0 Å². The molecule has 0 aromatic heterocycles. The van der Waals surface area contributed by atoms with Crippen molar-refractivity contribution in [3.63, 3.8) is 0 Å². The Labute approximate surface area is 107 Å². The Morgan fingerprint density at radius 3 is 2.44 bits per heavy atom. The number of carbonyl (C=O) groups excluding carboxylic acids is 2. The Morgan fingerprint density at radius 1 is 0.889 bits per heavy atom. The summed E-state index contributed by atoms with van der Waals surface area (Å²) < 4.78 is 0.